The van der Waals surface area contributed by atoms with Gasteiger partial charge in [0, 0.05) is 12.8 Å². The second-order valence-corrected chi connectivity index (χ2v) is 6.49. The second kappa shape index (κ2) is 8.34. The van der Waals surface area contributed by atoms with Gasteiger partial charge in [-0.1, -0.05) is 13.3 Å². The third-order valence-electron chi connectivity index (χ3n) is 4.71. The fourth-order valence-corrected chi connectivity index (χ4v) is 3.39. The minimum Gasteiger partial charge on any atom is -0.496 e. The van der Waals surface area contributed by atoms with Gasteiger partial charge in [0.15, 0.2) is 0 Å². The van der Waals surface area contributed by atoms with Crippen molar-refractivity contribution in [3.63, 3.8) is 0 Å². The molecule has 2 atom stereocenters. The Balaban J connectivity index is 2.22. The quantitative estimate of drug-likeness (QED) is 0.797. The topological polar surface area (TPSA) is 73.9 Å². The molecule has 0 aromatic heterocycles. The van der Waals surface area contributed by atoms with Crippen molar-refractivity contribution in [2.45, 2.75) is 45.1 Å². The summed E-state index contributed by atoms with van der Waals surface area (Å²) in [6.07, 6.45) is 3.45. The molecule has 0 radical (unpaired) electrons. The summed E-state index contributed by atoms with van der Waals surface area (Å²) in [6, 6.07) is 4.92. The summed E-state index contributed by atoms with van der Waals surface area (Å²) in [5.41, 5.74) is -0.0176. The molecule has 1 amide bonds. The van der Waals surface area contributed by atoms with E-state index in [1.54, 1.807) is 32.2 Å². The van der Waals surface area contributed by atoms with E-state index in [2.05, 4.69) is 12.2 Å². The van der Waals surface area contributed by atoms with Gasteiger partial charge in [0.2, 0.25) is 0 Å². The largest absolute Gasteiger partial charge is 0.496 e. The van der Waals surface area contributed by atoms with Gasteiger partial charge in [0.05, 0.1) is 13.7 Å². The number of carbonyl (C=O) groups is 2. The van der Waals surface area contributed by atoms with E-state index in [9.17, 15) is 9.59 Å². The number of benzene rings is 1. The van der Waals surface area contributed by atoms with Crippen LogP contribution in [0.3, 0.4) is 0 Å². The fraction of sp³-hybridized carbons (Fsp3) is 0.579. The lowest BCUT2D eigenvalue weighted by atomic mass is 9.78. The van der Waals surface area contributed by atoms with Crippen molar-refractivity contribution in [2.24, 2.45) is 5.92 Å². The predicted octanol–water partition coefficient (Wildman–Crippen LogP) is 3.41. The number of hydrogen-bond acceptors (Lipinski definition) is 5. The molecule has 0 bridgehead atoms. The van der Waals surface area contributed by atoms with Crippen LogP contribution in [-0.4, -0.2) is 38.3 Å². The van der Waals surface area contributed by atoms with Crippen molar-refractivity contribution in [3.8, 4) is 5.75 Å². The number of esters is 1. The van der Waals surface area contributed by atoms with Gasteiger partial charge in [-0.3, -0.25) is 4.79 Å². The zero-order chi connectivity index (χ0) is 18.4. The van der Waals surface area contributed by atoms with Crippen molar-refractivity contribution >= 4 is 17.6 Å². The zero-order valence-corrected chi connectivity index (χ0v) is 15.4. The molecule has 0 heterocycles. The van der Waals surface area contributed by atoms with E-state index >= 15 is 0 Å². The van der Waals surface area contributed by atoms with Gasteiger partial charge in [-0.2, -0.15) is 0 Å². The molecule has 0 spiro atoms. The summed E-state index contributed by atoms with van der Waals surface area (Å²) in [5, 5.41) is 2.89. The molecule has 0 saturated heterocycles. The molecule has 1 aliphatic carbocycles. The summed E-state index contributed by atoms with van der Waals surface area (Å²) in [5.74, 6) is 0.180. The number of hydrogen-bond donors (Lipinski definition) is 1. The lowest BCUT2D eigenvalue weighted by Gasteiger charge is -2.37. The monoisotopic (exact) mass is 349 g/mol. The first-order valence-electron chi connectivity index (χ1n) is 8.67. The second-order valence-electron chi connectivity index (χ2n) is 6.49. The van der Waals surface area contributed by atoms with Crippen molar-refractivity contribution in [1.29, 1.82) is 0 Å². The molecule has 0 aliphatic heterocycles. The highest BCUT2D eigenvalue weighted by atomic mass is 16.5. The van der Waals surface area contributed by atoms with E-state index in [1.807, 2.05) is 0 Å². The van der Waals surface area contributed by atoms with Gasteiger partial charge in [-0.25, -0.2) is 4.79 Å². The first-order valence-corrected chi connectivity index (χ1v) is 8.67. The molecule has 6 heteroatoms. The highest BCUT2D eigenvalue weighted by Crippen LogP contribution is 2.36. The summed E-state index contributed by atoms with van der Waals surface area (Å²) >= 11 is 0. The van der Waals surface area contributed by atoms with Crippen molar-refractivity contribution in [3.05, 3.63) is 23.8 Å². The molecule has 138 valence electrons. The summed E-state index contributed by atoms with van der Waals surface area (Å²) in [7, 11) is 3.06. The van der Waals surface area contributed by atoms with Crippen LogP contribution in [0.2, 0.25) is 0 Å². The van der Waals surface area contributed by atoms with Crippen molar-refractivity contribution < 1.29 is 23.8 Å². The highest BCUT2D eigenvalue weighted by molar-refractivity contribution is 5.99. The minimum atomic E-state index is -0.818. The fourth-order valence-electron chi connectivity index (χ4n) is 3.39. The van der Waals surface area contributed by atoms with Gasteiger partial charge in [-0.05, 0) is 50.3 Å². The Morgan fingerprint density at radius 3 is 2.68 bits per heavy atom. The number of amides is 1. The number of nitrogens with one attached hydrogen (secondary N) is 1. The average molecular weight is 349 g/mol. The third kappa shape index (κ3) is 4.31. The Morgan fingerprint density at radius 1 is 1.32 bits per heavy atom. The van der Waals surface area contributed by atoms with Crippen LogP contribution in [0.15, 0.2) is 18.2 Å². The lowest BCUT2D eigenvalue weighted by molar-refractivity contribution is -0.143. The molecule has 1 aromatic carbocycles. The molecular formula is C19H27NO5. The summed E-state index contributed by atoms with van der Waals surface area (Å²) in [6.45, 7) is 4.14. The van der Waals surface area contributed by atoms with E-state index in [4.69, 9.17) is 14.2 Å². The molecule has 1 aromatic rings. The molecular weight excluding hydrogens is 322 g/mol. The average Bonchev–Trinajstić information content (AvgIpc) is 2.61. The van der Waals surface area contributed by atoms with Gasteiger partial charge >= 0.3 is 5.97 Å². The minimum absolute atomic E-state index is 0.179. The van der Waals surface area contributed by atoms with Gasteiger partial charge in [-0.15, -0.1) is 0 Å². The Bertz CT molecular complexity index is 630. The first-order chi connectivity index (χ1) is 12.0. The molecule has 2 rings (SSSR count). The maximum Gasteiger partial charge on any atom is 0.341 e. The van der Waals surface area contributed by atoms with Crippen LogP contribution in [0, 0.1) is 5.92 Å². The number of anilines is 1. The molecule has 25 heavy (non-hydrogen) atoms. The maximum atomic E-state index is 12.8. The van der Waals surface area contributed by atoms with Crippen molar-refractivity contribution in [2.75, 3.05) is 26.1 Å². The van der Waals surface area contributed by atoms with Crippen LogP contribution in [0.1, 0.15) is 49.9 Å². The zero-order valence-electron chi connectivity index (χ0n) is 15.4. The Hall–Kier alpha value is -2.08. The van der Waals surface area contributed by atoms with Gasteiger partial charge < -0.3 is 19.5 Å². The molecule has 6 nitrogen and oxygen atoms in total. The van der Waals surface area contributed by atoms with Crippen LogP contribution in [-0.2, 0) is 14.3 Å². The van der Waals surface area contributed by atoms with E-state index < -0.39 is 11.6 Å². The van der Waals surface area contributed by atoms with Crippen LogP contribution >= 0.6 is 0 Å². The summed E-state index contributed by atoms with van der Waals surface area (Å²) < 4.78 is 15.9. The Kier molecular flexibility index (Phi) is 6.42. The molecule has 1 fully saturated rings. The predicted molar refractivity (Wildman–Crippen MR) is 95.0 cm³/mol. The van der Waals surface area contributed by atoms with Crippen LogP contribution in [0.4, 0.5) is 5.69 Å². The number of carbonyl (C=O) groups excluding carboxylic acids is 2. The molecule has 1 saturated carbocycles. The smallest absolute Gasteiger partial charge is 0.341 e. The van der Waals surface area contributed by atoms with E-state index in [1.165, 1.54) is 7.11 Å². The number of methoxy groups -OCH3 is 2. The lowest BCUT2D eigenvalue weighted by Crippen LogP contribution is -2.47. The van der Waals surface area contributed by atoms with E-state index in [-0.39, 0.29) is 18.1 Å². The van der Waals surface area contributed by atoms with Crippen LogP contribution < -0.4 is 10.1 Å². The SMILES string of the molecule is CCOC(=O)c1cc(NC(=O)[C@]2(OC)CCC[C@H](C)C2)ccc1OC. The normalized spacial score (nSPS) is 23.0. The number of ether oxygens (including phenoxy) is 3. The standard InChI is InChI=1S/C19H27NO5/c1-5-25-17(21)15-11-14(8-9-16(15)23-3)20-18(22)19(24-4)10-6-7-13(2)12-19/h8-9,11,13H,5-7,10,12H2,1-4H3,(H,20,22)/t13-,19-/m0/s1. The molecule has 1 N–H and O–H groups in total. The van der Waals surface area contributed by atoms with E-state index in [0.717, 1.165) is 12.8 Å². The molecule has 0 unspecified atom stereocenters. The van der Waals surface area contributed by atoms with Gasteiger partial charge in [0.25, 0.3) is 5.91 Å². The van der Waals surface area contributed by atoms with Crippen LogP contribution in [0.25, 0.3) is 0 Å². The van der Waals surface area contributed by atoms with Crippen molar-refractivity contribution in [1.82, 2.24) is 0 Å². The molecule has 1 aliphatic rings. The highest BCUT2D eigenvalue weighted by Gasteiger charge is 2.42. The number of rotatable bonds is 6. The Labute approximate surface area is 148 Å². The van der Waals surface area contributed by atoms with E-state index in [0.29, 0.717) is 30.2 Å². The van der Waals surface area contributed by atoms with Gasteiger partial charge in [0.1, 0.15) is 16.9 Å². The maximum absolute atomic E-state index is 12.8. The Morgan fingerprint density at radius 2 is 2.08 bits per heavy atom. The first kappa shape index (κ1) is 19.2. The van der Waals surface area contributed by atoms with Crippen LogP contribution in [0.5, 0.6) is 5.75 Å². The summed E-state index contributed by atoms with van der Waals surface area (Å²) in [4.78, 5) is 24.9. The third-order valence-corrected chi connectivity index (χ3v) is 4.71.